The second kappa shape index (κ2) is 9.59. The van der Waals surface area contributed by atoms with E-state index in [0.29, 0.717) is 22.9 Å². The first-order chi connectivity index (χ1) is 12.9. The van der Waals surface area contributed by atoms with Crippen LogP contribution in [0.25, 0.3) is 0 Å². The second-order valence-electron chi connectivity index (χ2n) is 6.20. The number of rotatable bonds is 8. The number of likely N-dealkylation sites (N-methyl/N-ethyl adjacent to an activating group) is 1. The molecule has 0 aliphatic heterocycles. The summed E-state index contributed by atoms with van der Waals surface area (Å²) in [5.74, 6) is 0.879. The fraction of sp³-hybridized carbons (Fsp3) is 0.300. The minimum atomic E-state index is -0.223. The fourth-order valence-electron chi connectivity index (χ4n) is 2.53. The molecule has 2 amide bonds. The molecule has 0 radical (unpaired) electrons. The fourth-order valence-corrected chi connectivity index (χ4v) is 2.53. The van der Waals surface area contributed by atoms with Crippen molar-refractivity contribution in [1.29, 1.82) is 0 Å². The van der Waals surface area contributed by atoms with E-state index in [1.54, 1.807) is 56.5 Å². The van der Waals surface area contributed by atoms with Gasteiger partial charge in [0.1, 0.15) is 11.5 Å². The summed E-state index contributed by atoms with van der Waals surface area (Å²) in [5, 5.41) is 5.60. The monoisotopic (exact) mass is 371 g/mol. The molecule has 7 nitrogen and oxygen atoms in total. The molecule has 27 heavy (non-hydrogen) atoms. The standard InChI is InChI=1S/C20H25N3O4/c1-14-5-10-18(27-4)17(11-14)22-20(25)13-23(2)12-19(24)21-15-6-8-16(26-3)9-7-15/h5-11H,12-13H2,1-4H3,(H,21,24)(H,22,25). The van der Waals surface area contributed by atoms with Crippen LogP contribution in [0.4, 0.5) is 11.4 Å². The molecule has 0 heterocycles. The molecule has 2 rings (SSSR count). The lowest BCUT2D eigenvalue weighted by Crippen LogP contribution is -2.36. The molecule has 144 valence electrons. The number of nitrogens with one attached hydrogen (secondary N) is 2. The van der Waals surface area contributed by atoms with Crippen LogP contribution in [0.1, 0.15) is 5.56 Å². The van der Waals surface area contributed by atoms with Gasteiger partial charge in [0.05, 0.1) is 33.0 Å². The Kier molecular flexibility index (Phi) is 7.19. The maximum absolute atomic E-state index is 12.3. The summed E-state index contributed by atoms with van der Waals surface area (Å²) in [4.78, 5) is 26.0. The number of carbonyl (C=O) groups is 2. The number of hydrogen-bond acceptors (Lipinski definition) is 5. The molecule has 0 saturated carbocycles. The van der Waals surface area contributed by atoms with Gasteiger partial charge in [-0.05, 0) is 55.9 Å². The quantitative estimate of drug-likeness (QED) is 0.745. The molecule has 2 aromatic rings. The van der Waals surface area contributed by atoms with Crippen molar-refractivity contribution < 1.29 is 19.1 Å². The summed E-state index contributed by atoms with van der Waals surface area (Å²) in [6.07, 6.45) is 0. The van der Waals surface area contributed by atoms with Gasteiger partial charge in [-0.15, -0.1) is 0 Å². The molecule has 0 aromatic heterocycles. The van der Waals surface area contributed by atoms with Gasteiger partial charge in [-0.2, -0.15) is 0 Å². The van der Waals surface area contributed by atoms with Gasteiger partial charge in [-0.25, -0.2) is 0 Å². The number of nitrogens with zero attached hydrogens (tertiary/aromatic N) is 1. The van der Waals surface area contributed by atoms with Crippen LogP contribution in [0.5, 0.6) is 11.5 Å². The smallest absolute Gasteiger partial charge is 0.238 e. The number of carbonyl (C=O) groups excluding carboxylic acids is 2. The van der Waals surface area contributed by atoms with E-state index in [1.807, 2.05) is 19.1 Å². The van der Waals surface area contributed by atoms with E-state index >= 15 is 0 Å². The predicted octanol–water partition coefficient (Wildman–Crippen LogP) is 2.52. The lowest BCUT2D eigenvalue weighted by Gasteiger charge is -2.17. The molecule has 2 N–H and O–H groups in total. The highest BCUT2D eigenvalue weighted by molar-refractivity contribution is 5.95. The van der Waals surface area contributed by atoms with E-state index in [2.05, 4.69) is 10.6 Å². The van der Waals surface area contributed by atoms with Crippen molar-refractivity contribution in [2.45, 2.75) is 6.92 Å². The Bertz CT molecular complexity index is 790. The van der Waals surface area contributed by atoms with Crippen molar-refractivity contribution >= 4 is 23.2 Å². The summed E-state index contributed by atoms with van der Waals surface area (Å²) in [7, 11) is 4.84. The first-order valence-electron chi connectivity index (χ1n) is 8.48. The molecule has 0 fully saturated rings. The van der Waals surface area contributed by atoms with Crippen molar-refractivity contribution in [1.82, 2.24) is 4.90 Å². The van der Waals surface area contributed by atoms with E-state index in [9.17, 15) is 9.59 Å². The van der Waals surface area contributed by atoms with Gasteiger partial charge in [-0.1, -0.05) is 6.07 Å². The summed E-state index contributed by atoms with van der Waals surface area (Å²) in [5.41, 5.74) is 2.29. The number of anilines is 2. The number of hydrogen-bond donors (Lipinski definition) is 2. The predicted molar refractivity (Wildman–Crippen MR) is 105 cm³/mol. The molecule has 0 unspecified atom stereocenters. The molecule has 0 aliphatic carbocycles. The highest BCUT2D eigenvalue weighted by Gasteiger charge is 2.13. The summed E-state index contributed by atoms with van der Waals surface area (Å²) >= 11 is 0. The van der Waals surface area contributed by atoms with Crippen LogP contribution in [0, 0.1) is 6.92 Å². The van der Waals surface area contributed by atoms with Crippen LogP contribution in [0.15, 0.2) is 42.5 Å². The molecule has 0 saturated heterocycles. The molecule has 0 bridgehead atoms. The zero-order valence-corrected chi connectivity index (χ0v) is 16.0. The SMILES string of the molecule is COc1ccc(NC(=O)CN(C)CC(=O)Nc2cc(C)ccc2OC)cc1. The van der Waals surface area contributed by atoms with Gasteiger partial charge in [0.15, 0.2) is 0 Å². The third-order valence-corrected chi connectivity index (χ3v) is 3.83. The Morgan fingerprint density at radius 2 is 1.56 bits per heavy atom. The van der Waals surface area contributed by atoms with Crippen molar-refractivity contribution in [3.8, 4) is 11.5 Å². The van der Waals surface area contributed by atoms with Crippen LogP contribution in [-0.2, 0) is 9.59 Å². The van der Waals surface area contributed by atoms with Gasteiger partial charge in [0.25, 0.3) is 0 Å². The van der Waals surface area contributed by atoms with Crippen LogP contribution >= 0.6 is 0 Å². The lowest BCUT2D eigenvalue weighted by atomic mass is 10.2. The maximum Gasteiger partial charge on any atom is 0.238 e. The van der Waals surface area contributed by atoms with Crippen LogP contribution < -0.4 is 20.1 Å². The Labute approximate surface area is 159 Å². The van der Waals surface area contributed by atoms with Gasteiger partial charge < -0.3 is 20.1 Å². The van der Waals surface area contributed by atoms with Crippen LogP contribution in [0.3, 0.4) is 0 Å². The number of ether oxygens (including phenoxy) is 2. The molecular formula is C20H25N3O4. The summed E-state index contributed by atoms with van der Waals surface area (Å²) in [6.45, 7) is 2.10. The van der Waals surface area contributed by atoms with Crippen LogP contribution in [0.2, 0.25) is 0 Å². The van der Waals surface area contributed by atoms with Crippen molar-refractivity contribution in [3.63, 3.8) is 0 Å². The van der Waals surface area contributed by atoms with E-state index < -0.39 is 0 Å². The average Bonchev–Trinajstić information content (AvgIpc) is 2.62. The highest BCUT2D eigenvalue weighted by atomic mass is 16.5. The van der Waals surface area contributed by atoms with Crippen molar-refractivity contribution in [3.05, 3.63) is 48.0 Å². The minimum Gasteiger partial charge on any atom is -0.497 e. The molecule has 0 aliphatic rings. The Morgan fingerprint density at radius 1 is 0.926 bits per heavy atom. The van der Waals surface area contributed by atoms with E-state index in [-0.39, 0.29) is 24.9 Å². The van der Waals surface area contributed by atoms with Gasteiger partial charge in [0.2, 0.25) is 11.8 Å². The van der Waals surface area contributed by atoms with E-state index in [0.717, 1.165) is 5.56 Å². The Morgan fingerprint density at radius 3 is 2.15 bits per heavy atom. The van der Waals surface area contributed by atoms with Crippen molar-refractivity contribution in [2.24, 2.45) is 0 Å². The third-order valence-electron chi connectivity index (χ3n) is 3.83. The summed E-state index contributed by atoms with van der Waals surface area (Å²) < 4.78 is 10.3. The minimum absolute atomic E-state index is 0.0765. The maximum atomic E-state index is 12.3. The molecule has 2 aromatic carbocycles. The second-order valence-corrected chi connectivity index (χ2v) is 6.20. The zero-order chi connectivity index (χ0) is 19.8. The largest absolute Gasteiger partial charge is 0.497 e. The van der Waals surface area contributed by atoms with Crippen LogP contribution in [-0.4, -0.2) is 51.1 Å². The number of benzene rings is 2. The van der Waals surface area contributed by atoms with E-state index in [1.165, 1.54) is 0 Å². The normalized spacial score (nSPS) is 10.4. The van der Waals surface area contributed by atoms with Gasteiger partial charge in [-0.3, -0.25) is 14.5 Å². The molecule has 7 heteroatoms. The number of methoxy groups -OCH3 is 2. The summed E-state index contributed by atoms with van der Waals surface area (Å²) in [6, 6.07) is 12.6. The topological polar surface area (TPSA) is 79.9 Å². The first-order valence-corrected chi connectivity index (χ1v) is 8.48. The lowest BCUT2D eigenvalue weighted by molar-refractivity contribution is -0.119. The van der Waals surface area contributed by atoms with E-state index in [4.69, 9.17) is 9.47 Å². The molecular weight excluding hydrogens is 346 g/mol. The van der Waals surface area contributed by atoms with Crippen molar-refractivity contribution in [2.75, 3.05) is 45.0 Å². The molecule has 0 spiro atoms. The third kappa shape index (κ3) is 6.31. The number of aryl methyl sites for hydroxylation is 1. The Balaban J connectivity index is 1.85. The van der Waals surface area contributed by atoms with Gasteiger partial charge >= 0.3 is 0 Å². The first kappa shape index (κ1) is 20.3. The highest BCUT2D eigenvalue weighted by Crippen LogP contribution is 2.25. The average molecular weight is 371 g/mol. The van der Waals surface area contributed by atoms with Gasteiger partial charge in [0, 0.05) is 5.69 Å². The number of amides is 2. The molecule has 0 atom stereocenters. The zero-order valence-electron chi connectivity index (χ0n) is 16.0. The Hall–Kier alpha value is -3.06.